The lowest BCUT2D eigenvalue weighted by Gasteiger charge is -2.31. The Morgan fingerprint density at radius 1 is 1.02 bits per heavy atom. The molecule has 6 rings (SSSR count). The zero-order valence-corrected chi connectivity index (χ0v) is 24.5. The molecule has 1 fully saturated rings. The number of H-pyrrole nitrogens is 1. The van der Waals surface area contributed by atoms with Gasteiger partial charge in [-0.2, -0.15) is 0 Å². The first-order valence-corrected chi connectivity index (χ1v) is 15.5. The Morgan fingerprint density at radius 3 is 2.52 bits per heavy atom. The monoisotopic (exact) mass is 570 g/mol. The second-order valence-corrected chi connectivity index (χ2v) is 12.1. The number of unbranched alkanes of at least 4 members (excludes halogenated alkanes) is 1. The van der Waals surface area contributed by atoms with E-state index in [0.29, 0.717) is 22.9 Å². The van der Waals surface area contributed by atoms with Gasteiger partial charge in [-0.3, -0.25) is 9.69 Å². The minimum atomic E-state index is -0.257. The molecule has 1 aliphatic heterocycles. The van der Waals surface area contributed by atoms with Gasteiger partial charge < -0.3 is 9.88 Å². The maximum atomic E-state index is 14.4. The Morgan fingerprint density at radius 2 is 1.75 bits per heavy atom. The third-order valence-electron chi connectivity index (χ3n) is 7.97. The number of rotatable bonds is 10. The molecule has 3 aromatic carbocycles. The van der Waals surface area contributed by atoms with Gasteiger partial charge in [0.15, 0.2) is 0 Å². The lowest BCUT2D eigenvalue weighted by Crippen LogP contribution is -2.37. The number of nitrogens with one attached hydrogen (secondary N) is 1. The van der Waals surface area contributed by atoms with Gasteiger partial charge in [-0.05, 0) is 61.7 Å². The smallest absolute Gasteiger partial charge is 0.266 e. The summed E-state index contributed by atoms with van der Waals surface area (Å²) in [4.78, 5) is 28.2. The van der Waals surface area contributed by atoms with E-state index in [1.807, 2.05) is 53.4 Å². The number of carbonyl (C=O) groups is 1. The number of imidazole rings is 1. The summed E-state index contributed by atoms with van der Waals surface area (Å²) in [5, 5.41) is 1.48. The highest BCUT2D eigenvalue weighted by atomic mass is 35.5. The van der Waals surface area contributed by atoms with Crippen LogP contribution in [0.25, 0.3) is 21.1 Å². The number of benzene rings is 3. The van der Waals surface area contributed by atoms with Crippen LogP contribution >= 0.6 is 22.9 Å². The predicted molar refractivity (Wildman–Crippen MR) is 166 cm³/mol. The van der Waals surface area contributed by atoms with E-state index < -0.39 is 0 Å². The molecule has 1 atom stereocenters. The zero-order chi connectivity index (χ0) is 27.5. The van der Waals surface area contributed by atoms with Crippen LogP contribution in [-0.2, 0) is 13.0 Å². The number of carbonyl (C=O) groups excluding carboxylic acids is 1. The number of halogens is 1. The molecule has 0 spiro atoms. The SMILES string of the molecule is CCCCN(C(=O)c1sc2ccccc2c1Cl)C(Cc1ccccc1CN1CCCC1)c1nc2ccccc2[nH]1. The van der Waals surface area contributed by atoms with Crippen LogP contribution < -0.4 is 0 Å². The molecule has 1 saturated heterocycles. The lowest BCUT2D eigenvalue weighted by molar-refractivity contribution is 0.0668. The van der Waals surface area contributed by atoms with E-state index >= 15 is 0 Å². The van der Waals surface area contributed by atoms with Gasteiger partial charge in [0.05, 0.1) is 22.1 Å². The van der Waals surface area contributed by atoms with E-state index in [-0.39, 0.29) is 11.9 Å². The minimum Gasteiger partial charge on any atom is -0.340 e. The molecule has 3 heterocycles. The Hall–Kier alpha value is -3.19. The third-order valence-corrected chi connectivity index (χ3v) is 9.63. The summed E-state index contributed by atoms with van der Waals surface area (Å²) in [6.45, 7) is 6.03. The predicted octanol–water partition coefficient (Wildman–Crippen LogP) is 8.25. The van der Waals surface area contributed by atoms with Crippen LogP contribution in [0.1, 0.15) is 65.3 Å². The molecule has 206 valence electrons. The van der Waals surface area contributed by atoms with Gasteiger partial charge in [0.2, 0.25) is 0 Å². The first kappa shape index (κ1) is 27.0. The van der Waals surface area contributed by atoms with Gasteiger partial charge in [-0.25, -0.2) is 4.98 Å². The zero-order valence-electron chi connectivity index (χ0n) is 22.9. The Kier molecular flexibility index (Phi) is 8.19. The van der Waals surface area contributed by atoms with E-state index in [4.69, 9.17) is 16.6 Å². The van der Waals surface area contributed by atoms with Crippen molar-refractivity contribution in [3.8, 4) is 0 Å². The number of para-hydroxylation sites is 2. The van der Waals surface area contributed by atoms with Crippen LogP contribution in [0.2, 0.25) is 5.02 Å². The molecule has 40 heavy (non-hydrogen) atoms. The van der Waals surface area contributed by atoms with Crippen molar-refractivity contribution in [1.82, 2.24) is 19.8 Å². The summed E-state index contributed by atoms with van der Waals surface area (Å²) in [6.07, 6.45) is 5.10. The van der Waals surface area contributed by atoms with Gasteiger partial charge >= 0.3 is 0 Å². The first-order valence-electron chi connectivity index (χ1n) is 14.3. The quantitative estimate of drug-likeness (QED) is 0.184. The fourth-order valence-corrected chi connectivity index (χ4v) is 7.26. The summed E-state index contributed by atoms with van der Waals surface area (Å²) in [5.41, 5.74) is 4.48. The molecule has 0 saturated carbocycles. The molecule has 1 unspecified atom stereocenters. The van der Waals surface area contributed by atoms with Crippen molar-refractivity contribution >= 4 is 50.0 Å². The number of nitrogens with zero attached hydrogens (tertiary/aromatic N) is 3. The maximum absolute atomic E-state index is 14.4. The molecule has 5 aromatic rings. The Balaban J connectivity index is 1.43. The topological polar surface area (TPSA) is 52.2 Å². The summed E-state index contributed by atoms with van der Waals surface area (Å²) in [7, 11) is 0. The first-order chi connectivity index (χ1) is 19.6. The number of fused-ring (bicyclic) bond motifs is 2. The highest BCUT2D eigenvalue weighted by Gasteiger charge is 2.32. The van der Waals surface area contributed by atoms with Crippen molar-refractivity contribution in [2.45, 2.75) is 51.6 Å². The molecule has 0 aliphatic carbocycles. The van der Waals surface area contributed by atoms with E-state index in [9.17, 15) is 4.79 Å². The number of likely N-dealkylation sites (tertiary alicyclic amines) is 1. The molecule has 1 aliphatic rings. The number of aromatic amines is 1. The second kappa shape index (κ2) is 12.1. The molecule has 1 amide bonds. The number of aromatic nitrogens is 2. The maximum Gasteiger partial charge on any atom is 0.266 e. The molecule has 0 bridgehead atoms. The molecule has 1 N–H and O–H groups in total. The number of amides is 1. The van der Waals surface area contributed by atoms with Crippen LogP contribution in [0.3, 0.4) is 0 Å². The van der Waals surface area contributed by atoms with E-state index in [1.54, 1.807) is 0 Å². The lowest BCUT2D eigenvalue weighted by atomic mass is 9.97. The van der Waals surface area contributed by atoms with Crippen LogP contribution in [0.4, 0.5) is 0 Å². The summed E-state index contributed by atoms with van der Waals surface area (Å²) >= 11 is 8.34. The van der Waals surface area contributed by atoms with Crippen molar-refractivity contribution in [3.05, 3.63) is 99.6 Å². The summed E-state index contributed by atoms with van der Waals surface area (Å²) in [6, 6.07) is 24.5. The molecule has 2 aromatic heterocycles. The number of hydrogen-bond donors (Lipinski definition) is 1. The van der Waals surface area contributed by atoms with Crippen LogP contribution in [0.15, 0.2) is 72.8 Å². The molecular weight excluding hydrogens is 536 g/mol. The molecule has 5 nitrogen and oxygen atoms in total. The van der Waals surface area contributed by atoms with Crippen LogP contribution in [0.5, 0.6) is 0 Å². The molecule has 7 heteroatoms. The third kappa shape index (κ3) is 5.53. The fraction of sp³-hybridized carbons (Fsp3) is 0.333. The Bertz CT molecular complexity index is 1590. The Labute approximate surface area is 244 Å². The van der Waals surface area contributed by atoms with Gasteiger partial charge in [0, 0.05) is 29.6 Å². The average molecular weight is 571 g/mol. The van der Waals surface area contributed by atoms with Crippen molar-refractivity contribution in [2.24, 2.45) is 0 Å². The van der Waals surface area contributed by atoms with Gasteiger partial charge in [0.25, 0.3) is 5.91 Å². The number of hydrogen-bond acceptors (Lipinski definition) is 4. The van der Waals surface area contributed by atoms with Crippen molar-refractivity contribution < 1.29 is 4.79 Å². The molecule has 0 radical (unpaired) electrons. The largest absolute Gasteiger partial charge is 0.340 e. The van der Waals surface area contributed by atoms with Crippen molar-refractivity contribution in [1.29, 1.82) is 0 Å². The minimum absolute atomic E-state index is 0.0258. The highest BCUT2D eigenvalue weighted by Crippen LogP contribution is 2.38. The van der Waals surface area contributed by atoms with Crippen molar-refractivity contribution in [3.63, 3.8) is 0 Å². The highest BCUT2D eigenvalue weighted by molar-refractivity contribution is 7.21. The normalized spacial score (nSPS) is 14.8. The van der Waals surface area contributed by atoms with Gasteiger partial charge in [-0.15, -0.1) is 11.3 Å². The van der Waals surface area contributed by atoms with E-state index in [2.05, 4.69) is 41.1 Å². The standard InChI is InChI=1S/C33H35ClN4OS/c1-2-3-20-38(33(39)31-30(34)25-14-6-9-17-29(25)40-31)28(32-35-26-15-7-8-16-27(26)36-32)21-23-12-4-5-13-24(23)22-37-18-10-11-19-37/h4-9,12-17,28H,2-3,10-11,18-22H2,1H3,(H,35,36). The van der Waals surface area contributed by atoms with Crippen LogP contribution in [0, 0.1) is 0 Å². The van der Waals surface area contributed by atoms with E-state index in [0.717, 1.165) is 59.4 Å². The summed E-state index contributed by atoms with van der Waals surface area (Å²) < 4.78 is 1.03. The number of thiophene rings is 1. The van der Waals surface area contributed by atoms with E-state index in [1.165, 1.54) is 35.3 Å². The fourth-order valence-electron chi connectivity index (χ4n) is 5.80. The second-order valence-electron chi connectivity index (χ2n) is 10.7. The average Bonchev–Trinajstić information content (AvgIpc) is 3.72. The van der Waals surface area contributed by atoms with Gasteiger partial charge in [0.1, 0.15) is 10.7 Å². The van der Waals surface area contributed by atoms with Crippen molar-refractivity contribution in [2.75, 3.05) is 19.6 Å². The van der Waals surface area contributed by atoms with Crippen LogP contribution in [-0.4, -0.2) is 45.3 Å². The molecular formula is C33H35ClN4OS. The van der Waals surface area contributed by atoms with Gasteiger partial charge in [-0.1, -0.05) is 79.5 Å². The summed E-state index contributed by atoms with van der Waals surface area (Å²) in [5.74, 6) is 0.793.